The summed E-state index contributed by atoms with van der Waals surface area (Å²) in [4.78, 5) is 10.1. The van der Waals surface area contributed by atoms with Gasteiger partial charge in [-0.3, -0.25) is 4.79 Å². The Hall–Kier alpha value is -0.650. The van der Waals surface area contributed by atoms with Crippen LogP contribution in [0.5, 0.6) is 0 Å². The lowest BCUT2D eigenvalue weighted by Crippen LogP contribution is -2.30. The normalized spacial score (nSPS) is 10.7. The van der Waals surface area contributed by atoms with E-state index < -0.39 is 5.97 Å². The molecule has 0 saturated carbocycles. The largest absolute Gasteiger partial charge is 0.481 e. The van der Waals surface area contributed by atoms with E-state index in [4.69, 9.17) is 14.6 Å². The fourth-order valence-corrected chi connectivity index (χ4v) is 0.847. The van der Waals surface area contributed by atoms with Crippen molar-refractivity contribution in [2.75, 3.05) is 27.3 Å². The second kappa shape index (κ2) is 7.97. The third-order valence-electron chi connectivity index (χ3n) is 1.58. The van der Waals surface area contributed by atoms with Gasteiger partial charge in [0.1, 0.15) is 0 Å². The fraction of sp³-hybridized carbons (Fsp3) is 0.875. The lowest BCUT2D eigenvalue weighted by atomic mass is 10.3. The number of aliphatic carboxylic acids is 1. The van der Waals surface area contributed by atoms with Gasteiger partial charge in [0.15, 0.2) is 6.29 Å². The molecule has 13 heavy (non-hydrogen) atoms. The van der Waals surface area contributed by atoms with Gasteiger partial charge < -0.3 is 19.9 Å². The first-order valence-corrected chi connectivity index (χ1v) is 4.18. The molecule has 0 spiro atoms. The monoisotopic (exact) mass is 191 g/mol. The van der Waals surface area contributed by atoms with Crippen molar-refractivity contribution in [1.82, 2.24) is 5.32 Å². The Bertz CT molecular complexity index is 136. The molecule has 5 nitrogen and oxygen atoms in total. The van der Waals surface area contributed by atoms with E-state index in [1.54, 1.807) is 14.2 Å². The number of nitrogens with one attached hydrogen (secondary N) is 1. The molecule has 0 aliphatic carbocycles. The van der Waals surface area contributed by atoms with Gasteiger partial charge in [0, 0.05) is 27.2 Å². The van der Waals surface area contributed by atoms with Gasteiger partial charge in [0.05, 0.1) is 0 Å². The number of carbonyl (C=O) groups is 1. The summed E-state index contributed by atoms with van der Waals surface area (Å²) in [5.74, 6) is -0.767. The summed E-state index contributed by atoms with van der Waals surface area (Å²) >= 11 is 0. The molecule has 0 atom stereocenters. The Labute approximate surface area is 78.0 Å². The number of rotatable bonds is 8. The maximum Gasteiger partial charge on any atom is 0.303 e. The molecule has 0 heterocycles. The summed E-state index contributed by atoms with van der Waals surface area (Å²) < 4.78 is 9.85. The first-order valence-electron chi connectivity index (χ1n) is 4.18. The van der Waals surface area contributed by atoms with Crippen molar-refractivity contribution in [1.29, 1.82) is 0 Å². The van der Waals surface area contributed by atoms with Crippen molar-refractivity contribution >= 4 is 5.97 Å². The van der Waals surface area contributed by atoms with Crippen molar-refractivity contribution in [2.45, 2.75) is 19.1 Å². The molecule has 0 fully saturated rings. The van der Waals surface area contributed by atoms with Gasteiger partial charge in [-0.2, -0.15) is 0 Å². The number of carboxylic acids is 1. The minimum Gasteiger partial charge on any atom is -0.481 e. The van der Waals surface area contributed by atoms with Crippen molar-refractivity contribution in [3.05, 3.63) is 0 Å². The molecule has 0 aliphatic rings. The topological polar surface area (TPSA) is 67.8 Å². The van der Waals surface area contributed by atoms with Crippen molar-refractivity contribution < 1.29 is 19.4 Å². The van der Waals surface area contributed by atoms with Gasteiger partial charge in [-0.25, -0.2) is 0 Å². The number of methoxy groups -OCH3 is 2. The minimum atomic E-state index is -0.767. The van der Waals surface area contributed by atoms with Gasteiger partial charge in [0.25, 0.3) is 0 Å². The van der Waals surface area contributed by atoms with Crippen LogP contribution in [0.2, 0.25) is 0 Å². The molecular formula is C8H17NO4. The smallest absolute Gasteiger partial charge is 0.303 e. The molecule has 0 unspecified atom stereocenters. The molecule has 5 heteroatoms. The van der Waals surface area contributed by atoms with Crippen LogP contribution in [0.1, 0.15) is 12.8 Å². The Morgan fingerprint density at radius 1 is 1.46 bits per heavy atom. The molecule has 78 valence electrons. The van der Waals surface area contributed by atoms with Gasteiger partial charge in [-0.15, -0.1) is 0 Å². The van der Waals surface area contributed by atoms with E-state index in [0.717, 1.165) is 0 Å². The van der Waals surface area contributed by atoms with Crippen LogP contribution in [-0.2, 0) is 14.3 Å². The molecule has 0 radical (unpaired) electrons. The second-order valence-electron chi connectivity index (χ2n) is 2.60. The van der Waals surface area contributed by atoms with E-state index in [2.05, 4.69) is 5.32 Å². The van der Waals surface area contributed by atoms with E-state index in [0.29, 0.717) is 19.5 Å². The highest BCUT2D eigenvalue weighted by Crippen LogP contribution is 1.89. The highest BCUT2D eigenvalue weighted by Gasteiger charge is 2.03. The zero-order valence-electron chi connectivity index (χ0n) is 8.08. The van der Waals surface area contributed by atoms with Crippen molar-refractivity contribution in [3.63, 3.8) is 0 Å². The standard InChI is InChI=1S/C8H17NO4/c1-12-8(13-2)6-9-5-3-4-7(10)11/h8-9H,3-6H2,1-2H3,(H,10,11). The molecule has 2 N–H and O–H groups in total. The number of carboxylic acid groups (broad SMARTS) is 1. The zero-order valence-corrected chi connectivity index (χ0v) is 8.08. The maximum atomic E-state index is 10.1. The summed E-state index contributed by atoms with van der Waals surface area (Å²) in [6, 6.07) is 0. The zero-order chi connectivity index (χ0) is 10.1. The van der Waals surface area contributed by atoms with E-state index >= 15 is 0 Å². The van der Waals surface area contributed by atoms with Gasteiger partial charge in [0.2, 0.25) is 0 Å². The van der Waals surface area contributed by atoms with Gasteiger partial charge in [-0.05, 0) is 13.0 Å². The quantitative estimate of drug-likeness (QED) is 0.419. The van der Waals surface area contributed by atoms with Crippen LogP contribution in [0, 0.1) is 0 Å². The summed E-state index contributed by atoms with van der Waals surface area (Å²) in [6.45, 7) is 1.24. The predicted octanol–water partition coefficient (Wildman–Crippen LogP) is 0.0597. The third-order valence-corrected chi connectivity index (χ3v) is 1.58. The maximum absolute atomic E-state index is 10.1. The van der Waals surface area contributed by atoms with Gasteiger partial charge in [-0.1, -0.05) is 0 Å². The highest BCUT2D eigenvalue weighted by molar-refractivity contribution is 5.66. The molecule has 0 rings (SSSR count). The average molecular weight is 191 g/mol. The van der Waals surface area contributed by atoms with E-state index in [9.17, 15) is 4.79 Å². The molecule has 0 bridgehead atoms. The SMILES string of the molecule is COC(CNCCCC(=O)O)OC. The van der Waals surface area contributed by atoms with E-state index in [1.165, 1.54) is 0 Å². The van der Waals surface area contributed by atoms with Crippen LogP contribution in [0.4, 0.5) is 0 Å². The summed E-state index contributed by atoms with van der Waals surface area (Å²) in [5, 5.41) is 11.4. The van der Waals surface area contributed by atoms with Crippen molar-refractivity contribution in [3.8, 4) is 0 Å². The molecule has 0 amide bonds. The Morgan fingerprint density at radius 3 is 2.54 bits per heavy atom. The average Bonchev–Trinajstić information content (AvgIpc) is 2.11. The fourth-order valence-electron chi connectivity index (χ4n) is 0.847. The van der Waals surface area contributed by atoms with Crippen LogP contribution < -0.4 is 5.32 Å². The van der Waals surface area contributed by atoms with Crippen molar-refractivity contribution in [2.24, 2.45) is 0 Å². The number of hydrogen-bond acceptors (Lipinski definition) is 4. The minimum absolute atomic E-state index is 0.192. The number of hydrogen-bond donors (Lipinski definition) is 2. The lowest BCUT2D eigenvalue weighted by Gasteiger charge is -2.13. The molecule has 0 aromatic rings. The molecule has 0 aromatic carbocycles. The number of ether oxygens (including phenoxy) is 2. The van der Waals surface area contributed by atoms with Crippen LogP contribution in [0.15, 0.2) is 0 Å². The first kappa shape index (κ1) is 12.3. The summed E-state index contributed by atoms with van der Waals surface area (Å²) in [7, 11) is 3.13. The Morgan fingerprint density at radius 2 is 2.08 bits per heavy atom. The van der Waals surface area contributed by atoms with Crippen LogP contribution in [0.3, 0.4) is 0 Å². The van der Waals surface area contributed by atoms with E-state index in [-0.39, 0.29) is 12.7 Å². The molecule has 0 saturated heterocycles. The Balaban J connectivity index is 3.19. The third kappa shape index (κ3) is 7.70. The molecule has 0 aromatic heterocycles. The first-order chi connectivity index (χ1) is 6.20. The Kier molecular flexibility index (Phi) is 7.57. The van der Waals surface area contributed by atoms with Crippen LogP contribution in [-0.4, -0.2) is 44.7 Å². The summed E-state index contributed by atoms with van der Waals surface area (Å²) in [5.41, 5.74) is 0. The summed E-state index contributed by atoms with van der Waals surface area (Å²) in [6.07, 6.45) is 0.553. The molecule has 0 aliphatic heterocycles. The van der Waals surface area contributed by atoms with Crippen LogP contribution >= 0.6 is 0 Å². The second-order valence-corrected chi connectivity index (χ2v) is 2.60. The predicted molar refractivity (Wildman–Crippen MR) is 47.5 cm³/mol. The lowest BCUT2D eigenvalue weighted by molar-refractivity contribution is -0.137. The molecular weight excluding hydrogens is 174 g/mol. The van der Waals surface area contributed by atoms with E-state index in [1.807, 2.05) is 0 Å². The van der Waals surface area contributed by atoms with Gasteiger partial charge >= 0.3 is 5.97 Å². The highest BCUT2D eigenvalue weighted by atomic mass is 16.7. The van der Waals surface area contributed by atoms with Crippen LogP contribution in [0.25, 0.3) is 0 Å².